The number of aromatic nitrogens is 2. The standard InChI is InChI=1S/C11H8Cl2N2S/c12-8-2-1-7(10(13)6-8)5-9-3-4-11(16)15-14-9/h1-4,6H,5H2,(H,15,16). The summed E-state index contributed by atoms with van der Waals surface area (Å²) in [5, 5.41) is 8.15. The third kappa shape index (κ3) is 2.82. The predicted octanol–water partition coefficient (Wildman–Crippen LogP) is 4.04. The van der Waals surface area contributed by atoms with Crippen molar-refractivity contribution in [2.24, 2.45) is 0 Å². The van der Waals surface area contributed by atoms with Crippen LogP contribution in [0.15, 0.2) is 30.3 Å². The molecule has 0 unspecified atom stereocenters. The molecular weight excluding hydrogens is 263 g/mol. The second-order valence-corrected chi connectivity index (χ2v) is 4.61. The van der Waals surface area contributed by atoms with Crippen molar-refractivity contribution in [3.8, 4) is 0 Å². The van der Waals surface area contributed by atoms with Gasteiger partial charge < -0.3 is 0 Å². The number of H-pyrrole nitrogens is 1. The van der Waals surface area contributed by atoms with Crippen LogP contribution in [0.4, 0.5) is 0 Å². The van der Waals surface area contributed by atoms with Gasteiger partial charge in [0.25, 0.3) is 0 Å². The van der Waals surface area contributed by atoms with Crippen LogP contribution in [0.25, 0.3) is 0 Å². The number of nitrogens with one attached hydrogen (secondary N) is 1. The molecule has 16 heavy (non-hydrogen) atoms. The number of nitrogens with zero attached hydrogens (tertiary/aromatic N) is 1. The highest BCUT2D eigenvalue weighted by Crippen LogP contribution is 2.22. The van der Waals surface area contributed by atoms with Crippen molar-refractivity contribution < 1.29 is 0 Å². The summed E-state index contributed by atoms with van der Waals surface area (Å²) in [5.41, 5.74) is 1.88. The lowest BCUT2D eigenvalue weighted by atomic mass is 10.1. The minimum atomic E-state index is 0.617. The molecule has 0 saturated heterocycles. The highest BCUT2D eigenvalue weighted by atomic mass is 35.5. The van der Waals surface area contributed by atoms with E-state index in [1.54, 1.807) is 6.07 Å². The molecule has 2 rings (SSSR count). The highest BCUT2D eigenvalue weighted by Gasteiger charge is 2.03. The Morgan fingerprint density at radius 1 is 1.19 bits per heavy atom. The number of hydrogen-bond donors (Lipinski definition) is 1. The van der Waals surface area contributed by atoms with Crippen molar-refractivity contribution in [1.29, 1.82) is 0 Å². The minimum Gasteiger partial charge on any atom is -0.268 e. The van der Waals surface area contributed by atoms with Gasteiger partial charge in [-0.25, -0.2) is 0 Å². The largest absolute Gasteiger partial charge is 0.268 e. The lowest BCUT2D eigenvalue weighted by molar-refractivity contribution is 0.927. The van der Waals surface area contributed by atoms with E-state index in [9.17, 15) is 0 Å². The molecule has 0 fully saturated rings. The minimum absolute atomic E-state index is 0.617. The van der Waals surface area contributed by atoms with E-state index >= 15 is 0 Å². The summed E-state index contributed by atoms with van der Waals surface area (Å²) in [4.78, 5) is 0. The predicted molar refractivity (Wildman–Crippen MR) is 68.7 cm³/mol. The molecule has 0 atom stereocenters. The molecule has 0 aliphatic heterocycles. The Bertz CT molecular complexity index is 546. The molecule has 0 bridgehead atoms. The molecule has 0 aliphatic rings. The quantitative estimate of drug-likeness (QED) is 0.835. The second kappa shape index (κ2) is 4.95. The summed E-state index contributed by atoms with van der Waals surface area (Å²) in [6.07, 6.45) is 0.655. The third-order valence-electron chi connectivity index (χ3n) is 2.12. The molecule has 0 spiro atoms. The Morgan fingerprint density at radius 3 is 2.62 bits per heavy atom. The van der Waals surface area contributed by atoms with Crippen LogP contribution in [0.2, 0.25) is 10.0 Å². The molecule has 2 nitrogen and oxygen atoms in total. The number of aromatic amines is 1. The van der Waals surface area contributed by atoms with Crippen molar-refractivity contribution in [2.45, 2.75) is 6.42 Å². The van der Waals surface area contributed by atoms with Gasteiger partial charge >= 0.3 is 0 Å². The SMILES string of the molecule is S=c1ccc(Cc2ccc(Cl)cc2Cl)n[nH]1. The van der Waals surface area contributed by atoms with E-state index in [1.165, 1.54) is 0 Å². The molecule has 0 saturated carbocycles. The van der Waals surface area contributed by atoms with E-state index in [1.807, 2.05) is 24.3 Å². The Kier molecular flexibility index (Phi) is 3.59. The molecule has 82 valence electrons. The third-order valence-corrected chi connectivity index (χ3v) is 2.94. The van der Waals surface area contributed by atoms with Gasteiger partial charge in [-0.15, -0.1) is 0 Å². The van der Waals surface area contributed by atoms with Crippen LogP contribution in [-0.2, 0) is 6.42 Å². The first kappa shape index (κ1) is 11.6. The maximum absolute atomic E-state index is 6.07. The van der Waals surface area contributed by atoms with Gasteiger partial charge in [0.2, 0.25) is 0 Å². The van der Waals surface area contributed by atoms with Gasteiger partial charge in [-0.1, -0.05) is 41.5 Å². The number of hydrogen-bond acceptors (Lipinski definition) is 2. The monoisotopic (exact) mass is 270 g/mol. The average molecular weight is 271 g/mol. The van der Waals surface area contributed by atoms with Crippen LogP contribution in [0.5, 0.6) is 0 Å². The van der Waals surface area contributed by atoms with Gasteiger partial charge in [0.1, 0.15) is 4.64 Å². The number of benzene rings is 1. The summed E-state index contributed by atoms with van der Waals surface area (Å²) in [5.74, 6) is 0. The molecule has 1 aromatic heterocycles. The first-order valence-corrected chi connectivity index (χ1v) is 5.80. The first-order chi connectivity index (χ1) is 7.65. The van der Waals surface area contributed by atoms with E-state index in [2.05, 4.69) is 10.2 Å². The van der Waals surface area contributed by atoms with Gasteiger partial charge in [-0.2, -0.15) is 5.10 Å². The molecule has 1 N–H and O–H groups in total. The van der Waals surface area contributed by atoms with Crippen molar-refractivity contribution in [2.75, 3.05) is 0 Å². The summed E-state index contributed by atoms with van der Waals surface area (Å²) in [6, 6.07) is 9.12. The molecule has 0 radical (unpaired) electrons. The van der Waals surface area contributed by atoms with Gasteiger partial charge in [0.15, 0.2) is 0 Å². The maximum atomic E-state index is 6.07. The van der Waals surface area contributed by atoms with Crippen LogP contribution >= 0.6 is 35.4 Å². The van der Waals surface area contributed by atoms with Gasteiger partial charge in [-0.3, -0.25) is 5.10 Å². The normalized spacial score (nSPS) is 10.4. The smallest absolute Gasteiger partial charge is 0.119 e. The van der Waals surface area contributed by atoms with Gasteiger partial charge in [0, 0.05) is 16.5 Å². The molecule has 1 aromatic carbocycles. The van der Waals surface area contributed by atoms with E-state index in [0.717, 1.165) is 11.3 Å². The van der Waals surface area contributed by atoms with Crippen LogP contribution in [-0.4, -0.2) is 10.2 Å². The Morgan fingerprint density at radius 2 is 2.00 bits per heavy atom. The Balaban J connectivity index is 2.27. The summed E-state index contributed by atoms with van der Waals surface area (Å²) in [6.45, 7) is 0. The number of halogens is 2. The maximum Gasteiger partial charge on any atom is 0.119 e. The molecule has 1 heterocycles. The van der Waals surface area contributed by atoms with Crippen molar-refractivity contribution in [3.63, 3.8) is 0 Å². The fraction of sp³-hybridized carbons (Fsp3) is 0.0909. The molecular formula is C11H8Cl2N2S. The van der Waals surface area contributed by atoms with E-state index in [0.29, 0.717) is 21.1 Å². The zero-order chi connectivity index (χ0) is 11.5. The lowest BCUT2D eigenvalue weighted by Crippen LogP contribution is -1.94. The molecule has 0 aliphatic carbocycles. The Hall–Kier alpha value is -0.900. The topological polar surface area (TPSA) is 28.7 Å². The van der Waals surface area contributed by atoms with Crippen LogP contribution < -0.4 is 0 Å². The fourth-order valence-corrected chi connectivity index (χ4v) is 1.92. The van der Waals surface area contributed by atoms with Crippen molar-refractivity contribution in [1.82, 2.24) is 10.2 Å². The van der Waals surface area contributed by atoms with E-state index in [-0.39, 0.29) is 0 Å². The Labute approximate surface area is 108 Å². The molecule has 2 aromatic rings. The molecule has 0 amide bonds. The first-order valence-electron chi connectivity index (χ1n) is 4.64. The zero-order valence-corrected chi connectivity index (χ0v) is 10.5. The lowest BCUT2D eigenvalue weighted by Gasteiger charge is -2.03. The van der Waals surface area contributed by atoms with Crippen LogP contribution in [0.3, 0.4) is 0 Å². The summed E-state index contributed by atoms with van der Waals surface area (Å²) >= 11 is 16.8. The molecule has 5 heteroatoms. The average Bonchev–Trinajstić information content (AvgIpc) is 2.25. The van der Waals surface area contributed by atoms with Gasteiger partial charge in [-0.05, 0) is 29.8 Å². The second-order valence-electron chi connectivity index (χ2n) is 3.33. The van der Waals surface area contributed by atoms with Crippen molar-refractivity contribution >= 4 is 35.4 Å². The van der Waals surface area contributed by atoms with Gasteiger partial charge in [0.05, 0.1) is 5.69 Å². The van der Waals surface area contributed by atoms with Crippen LogP contribution in [0, 0.1) is 4.64 Å². The van der Waals surface area contributed by atoms with Crippen molar-refractivity contribution in [3.05, 3.63) is 56.3 Å². The van der Waals surface area contributed by atoms with E-state index in [4.69, 9.17) is 35.4 Å². The highest BCUT2D eigenvalue weighted by molar-refractivity contribution is 7.71. The van der Waals surface area contributed by atoms with Crippen LogP contribution in [0.1, 0.15) is 11.3 Å². The van der Waals surface area contributed by atoms with E-state index < -0.39 is 0 Å². The summed E-state index contributed by atoms with van der Waals surface area (Å²) < 4.78 is 0.617. The zero-order valence-electron chi connectivity index (χ0n) is 8.21. The fourth-order valence-electron chi connectivity index (χ4n) is 1.33. The number of rotatable bonds is 2. The summed E-state index contributed by atoms with van der Waals surface area (Å²) in [7, 11) is 0.